The molecule has 0 radical (unpaired) electrons. The van der Waals surface area contributed by atoms with Crippen LogP contribution in [0.25, 0.3) is 0 Å². The van der Waals surface area contributed by atoms with Crippen LogP contribution < -0.4 is 20.7 Å². The molecule has 0 saturated carbocycles. The smallest absolute Gasteiger partial charge is 0.255 e. The second kappa shape index (κ2) is 11.1. The molecule has 4 N–H and O–H groups in total. The van der Waals surface area contributed by atoms with E-state index in [4.69, 9.17) is 9.47 Å². The fraction of sp³-hybridized carbons (Fsp3) is 0.545. The van der Waals surface area contributed by atoms with E-state index in [0.717, 1.165) is 0 Å². The Bertz CT molecular complexity index is 883. The van der Waals surface area contributed by atoms with Crippen LogP contribution in [0.2, 0.25) is 0 Å². The van der Waals surface area contributed by atoms with E-state index in [0.29, 0.717) is 13.1 Å². The molecule has 180 valence electrons. The van der Waals surface area contributed by atoms with Gasteiger partial charge in [-0.2, -0.15) is 0 Å². The van der Waals surface area contributed by atoms with Crippen LogP contribution in [-0.4, -0.2) is 90.8 Å². The van der Waals surface area contributed by atoms with Gasteiger partial charge in [-0.05, 0) is 26.0 Å². The van der Waals surface area contributed by atoms with Gasteiger partial charge < -0.3 is 35.4 Å². The highest BCUT2D eigenvalue weighted by Crippen LogP contribution is 2.19. The van der Waals surface area contributed by atoms with Gasteiger partial charge >= 0.3 is 0 Å². The van der Waals surface area contributed by atoms with Gasteiger partial charge in [-0.1, -0.05) is 12.1 Å². The fourth-order valence-corrected chi connectivity index (χ4v) is 3.89. The highest BCUT2D eigenvalue weighted by atomic mass is 16.5. The molecule has 0 unspecified atom stereocenters. The third-order valence-corrected chi connectivity index (χ3v) is 5.35. The van der Waals surface area contributed by atoms with Crippen LogP contribution in [0.4, 0.5) is 0 Å². The topological polar surface area (TPSA) is 146 Å². The third-order valence-electron chi connectivity index (χ3n) is 5.35. The van der Waals surface area contributed by atoms with Crippen LogP contribution in [0.15, 0.2) is 24.3 Å². The van der Waals surface area contributed by atoms with Gasteiger partial charge in [0.05, 0.1) is 37.3 Å². The van der Waals surface area contributed by atoms with Crippen molar-refractivity contribution in [3.05, 3.63) is 29.8 Å². The van der Waals surface area contributed by atoms with E-state index >= 15 is 0 Å². The number of hydrogen-bond acceptors (Lipinski definition) is 7. The van der Waals surface area contributed by atoms with E-state index in [2.05, 4.69) is 16.0 Å². The number of carbonyl (C=O) groups is 4. The first-order valence-electron chi connectivity index (χ1n) is 10.9. The molecule has 33 heavy (non-hydrogen) atoms. The number of aliphatic hydroxyl groups is 1. The molecule has 1 aromatic rings. The van der Waals surface area contributed by atoms with Gasteiger partial charge in [-0.3, -0.25) is 19.2 Å². The lowest BCUT2D eigenvalue weighted by atomic mass is 10.1. The van der Waals surface area contributed by atoms with Gasteiger partial charge in [0.1, 0.15) is 24.4 Å². The number of ether oxygens (including phenoxy) is 2. The summed E-state index contributed by atoms with van der Waals surface area (Å²) in [5.74, 6) is -1.95. The molecule has 1 aromatic carbocycles. The lowest BCUT2D eigenvalue weighted by Gasteiger charge is -2.37. The highest BCUT2D eigenvalue weighted by Gasteiger charge is 2.34. The quantitative estimate of drug-likeness (QED) is 0.432. The van der Waals surface area contributed by atoms with Crippen LogP contribution in [0.5, 0.6) is 5.75 Å². The lowest BCUT2D eigenvalue weighted by Crippen LogP contribution is -2.57. The maximum absolute atomic E-state index is 13.3. The summed E-state index contributed by atoms with van der Waals surface area (Å²) in [4.78, 5) is 52.9. The number of fused-ring (bicyclic) bond motifs is 1. The molecule has 0 bridgehead atoms. The molecule has 4 amide bonds. The highest BCUT2D eigenvalue weighted by molar-refractivity contribution is 6.01. The van der Waals surface area contributed by atoms with Crippen molar-refractivity contribution in [2.45, 2.75) is 44.6 Å². The van der Waals surface area contributed by atoms with Gasteiger partial charge in [0, 0.05) is 13.1 Å². The Morgan fingerprint density at radius 2 is 1.82 bits per heavy atom. The summed E-state index contributed by atoms with van der Waals surface area (Å²) in [6.07, 6.45) is -0.799. The van der Waals surface area contributed by atoms with Crippen molar-refractivity contribution < 1.29 is 33.8 Å². The number of aliphatic hydroxyl groups excluding tert-OH is 1. The fourth-order valence-electron chi connectivity index (χ4n) is 3.89. The molecule has 0 spiro atoms. The first-order chi connectivity index (χ1) is 15.8. The zero-order valence-electron chi connectivity index (χ0n) is 18.7. The molecule has 11 heteroatoms. The molecule has 11 nitrogen and oxygen atoms in total. The van der Waals surface area contributed by atoms with Gasteiger partial charge in [0.25, 0.3) is 5.91 Å². The van der Waals surface area contributed by atoms with Crippen LogP contribution in [0, 0.1) is 0 Å². The van der Waals surface area contributed by atoms with Crippen molar-refractivity contribution in [2.24, 2.45) is 0 Å². The largest absolute Gasteiger partial charge is 0.491 e. The van der Waals surface area contributed by atoms with Crippen molar-refractivity contribution in [1.82, 2.24) is 20.9 Å². The Labute approximate surface area is 191 Å². The normalized spacial score (nSPS) is 27.2. The third kappa shape index (κ3) is 6.42. The Morgan fingerprint density at radius 3 is 2.52 bits per heavy atom. The molecule has 2 heterocycles. The van der Waals surface area contributed by atoms with Crippen molar-refractivity contribution in [2.75, 3.05) is 32.8 Å². The van der Waals surface area contributed by atoms with E-state index in [1.807, 2.05) is 13.8 Å². The zero-order valence-corrected chi connectivity index (χ0v) is 18.7. The second-order valence-electron chi connectivity index (χ2n) is 8.17. The second-order valence-corrected chi connectivity index (χ2v) is 8.17. The molecule has 0 aromatic heterocycles. The van der Waals surface area contributed by atoms with E-state index in [1.54, 1.807) is 29.2 Å². The minimum Gasteiger partial charge on any atom is -0.491 e. The first-order valence-corrected chi connectivity index (χ1v) is 10.9. The minimum absolute atomic E-state index is 0.0635. The molecule has 2 aliphatic heterocycles. The predicted octanol–water partition coefficient (Wildman–Crippen LogP) is -1.20. The van der Waals surface area contributed by atoms with Gasteiger partial charge in [-0.15, -0.1) is 0 Å². The van der Waals surface area contributed by atoms with Crippen molar-refractivity contribution >= 4 is 23.6 Å². The zero-order chi connectivity index (χ0) is 24.0. The van der Waals surface area contributed by atoms with E-state index in [9.17, 15) is 24.3 Å². The van der Waals surface area contributed by atoms with Crippen LogP contribution in [0.1, 0.15) is 30.6 Å². The Morgan fingerprint density at radius 1 is 1.12 bits per heavy atom. The average molecular weight is 463 g/mol. The van der Waals surface area contributed by atoms with Crippen molar-refractivity contribution in [1.29, 1.82) is 0 Å². The van der Waals surface area contributed by atoms with Gasteiger partial charge in [0.2, 0.25) is 17.7 Å². The summed E-state index contributed by atoms with van der Waals surface area (Å²) in [5.41, 5.74) is 0.205. The number of nitrogens with zero attached hydrogens (tertiary/aromatic N) is 1. The number of hydrogen-bond donors (Lipinski definition) is 4. The lowest BCUT2D eigenvalue weighted by molar-refractivity contribution is -0.146. The molecular formula is C22H30N4O7. The maximum Gasteiger partial charge on any atom is 0.255 e. The summed E-state index contributed by atoms with van der Waals surface area (Å²) in [6.45, 7) is 3.87. The van der Waals surface area contributed by atoms with Crippen LogP contribution in [0.3, 0.4) is 0 Å². The predicted molar refractivity (Wildman–Crippen MR) is 116 cm³/mol. The van der Waals surface area contributed by atoms with Crippen LogP contribution >= 0.6 is 0 Å². The molecule has 2 aliphatic rings. The van der Waals surface area contributed by atoms with E-state index < -0.39 is 48.7 Å². The standard InChI is InChI=1S/C22H30N4O7/c1-13-10-26(11-14(2)33-13)22(31)16-9-19(28)24-17(12-27)21(30)23-7-8-32-18-6-4-3-5-15(18)20(29)25-16/h3-6,13-14,16-17,27H,7-12H2,1-2H3,(H,23,30)(H,24,28)(H,25,29)/t13-,14+,16-,17-/m0/s1. The molecule has 0 aliphatic carbocycles. The number of amides is 4. The minimum atomic E-state index is -1.19. The molecule has 3 rings (SSSR count). The number of carbonyl (C=O) groups excluding carboxylic acids is 4. The van der Waals surface area contributed by atoms with Crippen LogP contribution in [-0.2, 0) is 19.1 Å². The molecular weight excluding hydrogens is 432 g/mol. The summed E-state index contributed by atoms with van der Waals surface area (Å²) in [7, 11) is 0. The monoisotopic (exact) mass is 462 g/mol. The number of benzene rings is 1. The molecule has 1 fully saturated rings. The molecule has 1 saturated heterocycles. The molecule has 4 atom stereocenters. The maximum atomic E-state index is 13.3. The Balaban J connectivity index is 1.89. The summed E-state index contributed by atoms with van der Waals surface area (Å²) in [6, 6.07) is 4.14. The van der Waals surface area contributed by atoms with Gasteiger partial charge in [-0.25, -0.2) is 0 Å². The van der Waals surface area contributed by atoms with Crippen molar-refractivity contribution in [3.63, 3.8) is 0 Å². The average Bonchev–Trinajstić information content (AvgIpc) is 2.78. The summed E-state index contributed by atoms with van der Waals surface area (Å²) < 4.78 is 11.3. The number of morpholine rings is 1. The summed E-state index contributed by atoms with van der Waals surface area (Å²) in [5, 5.41) is 17.2. The van der Waals surface area contributed by atoms with E-state index in [1.165, 1.54) is 0 Å². The number of nitrogens with one attached hydrogen (secondary N) is 3. The number of rotatable bonds is 2. The summed E-state index contributed by atoms with van der Waals surface area (Å²) >= 11 is 0. The van der Waals surface area contributed by atoms with E-state index in [-0.39, 0.29) is 36.7 Å². The number of para-hydroxylation sites is 1. The Hall–Kier alpha value is -3.18. The SMILES string of the molecule is C[C@@H]1CN(C(=O)[C@@H]2CC(=O)N[C@@H](CO)C(=O)NCCOc3ccccc3C(=O)N2)C[C@H](C)O1. The van der Waals surface area contributed by atoms with Gasteiger partial charge in [0.15, 0.2) is 0 Å². The first kappa shape index (κ1) is 24.5. The van der Waals surface area contributed by atoms with Crippen molar-refractivity contribution in [3.8, 4) is 5.75 Å². The Kier molecular flexibility index (Phi) is 8.23.